The first kappa shape index (κ1) is 16.5. The van der Waals surface area contributed by atoms with Crippen molar-refractivity contribution < 1.29 is 4.79 Å². The number of nitrogens with zero attached hydrogens (tertiary/aromatic N) is 2. The van der Waals surface area contributed by atoms with Gasteiger partial charge in [0.1, 0.15) is 11.8 Å². The SMILES string of the molecule is Cc1ccc(CC(NC(=O)c2cc(C#N)c[nH]2)c2cccnc2)cc1. The molecule has 0 radical (unpaired) electrons. The number of nitriles is 1. The summed E-state index contributed by atoms with van der Waals surface area (Å²) in [4.78, 5) is 19.5. The Labute approximate surface area is 146 Å². The summed E-state index contributed by atoms with van der Waals surface area (Å²) in [6.07, 6.45) is 5.64. The van der Waals surface area contributed by atoms with Gasteiger partial charge in [0.05, 0.1) is 11.6 Å². The van der Waals surface area contributed by atoms with Crippen molar-refractivity contribution in [3.05, 3.63) is 89.0 Å². The number of hydrogen-bond acceptors (Lipinski definition) is 3. The monoisotopic (exact) mass is 330 g/mol. The van der Waals surface area contributed by atoms with Crippen LogP contribution < -0.4 is 5.32 Å². The zero-order valence-electron chi connectivity index (χ0n) is 13.9. The summed E-state index contributed by atoms with van der Waals surface area (Å²) < 4.78 is 0. The van der Waals surface area contributed by atoms with Crippen LogP contribution >= 0.6 is 0 Å². The Bertz CT molecular complexity index is 891. The van der Waals surface area contributed by atoms with E-state index in [1.165, 1.54) is 11.8 Å². The quantitative estimate of drug-likeness (QED) is 0.753. The smallest absolute Gasteiger partial charge is 0.268 e. The van der Waals surface area contributed by atoms with Gasteiger partial charge in [0.25, 0.3) is 5.91 Å². The van der Waals surface area contributed by atoms with Gasteiger partial charge in [-0.2, -0.15) is 5.26 Å². The van der Waals surface area contributed by atoms with Gasteiger partial charge >= 0.3 is 0 Å². The number of aryl methyl sites for hydroxylation is 1. The summed E-state index contributed by atoms with van der Waals surface area (Å²) in [6, 6.07) is 15.4. The van der Waals surface area contributed by atoms with Gasteiger partial charge in [0, 0.05) is 18.6 Å². The van der Waals surface area contributed by atoms with E-state index in [2.05, 4.69) is 39.6 Å². The molecule has 5 heteroatoms. The molecule has 1 amide bonds. The maximum atomic E-state index is 12.5. The van der Waals surface area contributed by atoms with Gasteiger partial charge in [0.15, 0.2) is 0 Å². The van der Waals surface area contributed by atoms with Crippen LogP contribution in [-0.2, 0) is 6.42 Å². The molecule has 3 rings (SSSR count). The van der Waals surface area contributed by atoms with Crippen molar-refractivity contribution in [2.75, 3.05) is 0 Å². The van der Waals surface area contributed by atoms with Crippen molar-refractivity contribution in [2.45, 2.75) is 19.4 Å². The van der Waals surface area contributed by atoms with E-state index in [0.29, 0.717) is 17.7 Å². The van der Waals surface area contributed by atoms with Crippen LogP contribution in [0.15, 0.2) is 61.1 Å². The Morgan fingerprint density at radius 2 is 2.12 bits per heavy atom. The van der Waals surface area contributed by atoms with Gasteiger partial charge in [-0.25, -0.2) is 0 Å². The Morgan fingerprint density at radius 1 is 1.32 bits per heavy atom. The molecule has 0 saturated heterocycles. The number of pyridine rings is 1. The number of carbonyl (C=O) groups is 1. The van der Waals surface area contributed by atoms with Crippen LogP contribution in [0.1, 0.15) is 38.8 Å². The van der Waals surface area contributed by atoms with E-state index in [9.17, 15) is 4.79 Å². The number of benzene rings is 1. The van der Waals surface area contributed by atoms with Crippen LogP contribution in [0.4, 0.5) is 0 Å². The number of aromatic amines is 1. The molecule has 0 aliphatic rings. The number of rotatable bonds is 5. The highest BCUT2D eigenvalue weighted by Crippen LogP contribution is 2.19. The fraction of sp³-hybridized carbons (Fsp3) is 0.150. The van der Waals surface area contributed by atoms with Crippen LogP contribution in [0, 0.1) is 18.3 Å². The molecule has 0 bridgehead atoms. The van der Waals surface area contributed by atoms with Gasteiger partial charge in [-0.1, -0.05) is 35.9 Å². The molecule has 5 nitrogen and oxygen atoms in total. The van der Waals surface area contributed by atoms with E-state index in [4.69, 9.17) is 5.26 Å². The summed E-state index contributed by atoms with van der Waals surface area (Å²) >= 11 is 0. The molecule has 1 aromatic carbocycles. The molecule has 3 aromatic rings. The first-order valence-electron chi connectivity index (χ1n) is 8.00. The molecule has 0 spiro atoms. The first-order valence-corrected chi connectivity index (χ1v) is 8.00. The largest absolute Gasteiger partial charge is 0.356 e. The number of aromatic nitrogens is 2. The average molecular weight is 330 g/mol. The minimum absolute atomic E-state index is 0.210. The van der Waals surface area contributed by atoms with E-state index in [-0.39, 0.29) is 11.9 Å². The second-order valence-corrected chi connectivity index (χ2v) is 5.92. The Morgan fingerprint density at radius 3 is 2.76 bits per heavy atom. The zero-order valence-corrected chi connectivity index (χ0v) is 13.9. The molecular weight excluding hydrogens is 312 g/mol. The van der Waals surface area contributed by atoms with Crippen LogP contribution in [0.5, 0.6) is 0 Å². The summed E-state index contributed by atoms with van der Waals surface area (Å²) in [5.41, 5.74) is 4.06. The minimum Gasteiger partial charge on any atom is -0.356 e. The molecule has 1 atom stereocenters. The molecule has 0 fully saturated rings. The van der Waals surface area contributed by atoms with E-state index < -0.39 is 0 Å². The highest BCUT2D eigenvalue weighted by molar-refractivity contribution is 5.93. The fourth-order valence-corrected chi connectivity index (χ4v) is 2.62. The Balaban J connectivity index is 1.82. The number of H-pyrrole nitrogens is 1. The van der Waals surface area contributed by atoms with Crippen LogP contribution in [-0.4, -0.2) is 15.9 Å². The van der Waals surface area contributed by atoms with Gasteiger partial charge < -0.3 is 10.3 Å². The molecule has 25 heavy (non-hydrogen) atoms. The van der Waals surface area contributed by atoms with Crippen LogP contribution in [0.25, 0.3) is 0 Å². The van der Waals surface area contributed by atoms with E-state index in [1.807, 2.05) is 25.1 Å². The summed E-state index contributed by atoms with van der Waals surface area (Å²) in [7, 11) is 0. The molecule has 0 aliphatic carbocycles. The number of amides is 1. The normalized spacial score (nSPS) is 11.5. The van der Waals surface area contributed by atoms with Crippen LogP contribution in [0.3, 0.4) is 0 Å². The first-order chi connectivity index (χ1) is 12.2. The van der Waals surface area contributed by atoms with Crippen molar-refractivity contribution in [3.8, 4) is 6.07 Å². The Kier molecular flexibility index (Phi) is 4.91. The molecule has 2 N–H and O–H groups in total. The maximum absolute atomic E-state index is 12.5. The third-order valence-electron chi connectivity index (χ3n) is 4.01. The molecule has 1 unspecified atom stereocenters. The van der Waals surface area contributed by atoms with Gasteiger partial charge in [-0.05, 0) is 36.6 Å². The lowest BCUT2D eigenvalue weighted by Crippen LogP contribution is -2.30. The van der Waals surface area contributed by atoms with E-state index in [1.54, 1.807) is 18.5 Å². The maximum Gasteiger partial charge on any atom is 0.268 e. The lowest BCUT2D eigenvalue weighted by atomic mass is 9.99. The number of hydrogen-bond donors (Lipinski definition) is 2. The van der Waals surface area contributed by atoms with Gasteiger partial charge in [0.2, 0.25) is 0 Å². The standard InChI is InChI=1S/C20H18N4O/c1-14-4-6-15(7-5-14)9-18(17-3-2-8-22-13-17)24-20(25)19-10-16(11-21)12-23-19/h2-8,10,12-13,18,23H,9H2,1H3,(H,24,25). The average Bonchev–Trinajstić information content (AvgIpc) is 3.13. The Hall–Kier alpha value is -3.39. The molecule has 0 aliphatic heterocycles. The van der Waals surface area contributed by atoms with Crippen LogP contribution in [0.2, 0.25) is 0 Å². The van der Waals surface area contributed by atoms with Gasteiger partial charge in [-0.3, -0.25) is 9.78 Å². The number of carbonyl (C=O) groups excluding carboxylic acids is 1. The lowest BCUT2D eigenvalue weighted by molar-refractivity contribution is 0.0932. The second kappa shape index (κ2) is 7.45. The summed E-state index contributed by atoms with van der Waals surface area (Å²) in [5.74, 6) is -0.248. The third kappa shape index (κ3) is 4.12. The minimum atomic E-state index is -0.248. The van der Waals surface area contributed by atoms with Crippen molar-refractivity contribution >= 4 is 5.91 Å². The predicted octanol–water partition coefficient (Wildman–Crippen LogP) is 3.30. The van der Waals surface area contributed by atoms with Crippen molar-refractivity contribution in [1.29, 1.82) is 5.26 Å². The molecule has 2 aromatic heterocycles. The van der Waals surface area contributed by atoms with Crippen molar-refractivity contribution in [1.82, 2.24) is 15.3 Å². The molecule has 124 valence electrons. The molecule has 0 saturated carbocycles. The van der Waals surface area contributed by atoms with Crippen molar-refractivity contribution in [3.63, 3.8) is 0 Å². The predicted molar refractivity (Wildman–Crippen MR) is 94.8 cm³/mol. The van der Waals surface area contributed by atoms with Gasteiger partial charge in [-0.15, -0.1) is 0 Å². The zero-order chi connectivity index (χ0) is 17.6. The molecular formula is C20H18N4O. The molecule has 2 heterocycles. The van der Waals surface area contributed by atoms with E-state index >= 15 is 0 Å². The van der Waals surface area contributed by atoms with Crippen molar-refractivity contribution in [2.24, 2.45) is 0 Å². The second-order valence-electron chi connectivity index (χ2n) is 5.92. The topological polar surface area (TPSA) is 81.6 Å². The third-order valence-corrected chi connectivity index (χ3v) is 4.01. The number of nitrogens with one attached hydrogen (secondary N) is 2. The highest BCUT2D eigenvalue weighted by atomic mass is 16.1. The summed E-state index contributed by atoms with van der Waals surface area (Å²) in [6.45, 7) is 2.04. The van der Waals surface area contributed by atoms with E-state index in [0.717, 1.165) is 11.1 Å². The summed E-state index contributed by atoms with van der Waals surface area (Å²) in [5, 5.41) is 11.9. The highest BCUT2D eigenvalue weighted by Gasteiger charge is 2.18. The lowest BCUT2D eigenvalue weighted by Gasteiger charge is -2.19. The fourth-order valence-electron chi connectivity index (χ4n) is 2.62.